The number of benzene rings is 2. The Hall–Kier alpha value is -3.70. The summed E-state index contributed by atoms with van der Waals surface area (Å²) in [6, 6.07) is 13.3. The van der Waals surface area contributed by atoms with Crippen molar-refractivity contribution in [2.75, 3.05) is 19.1 Å². The van der Waals surface area contributed by atoms with Crippen molar-refractivity contribution >= 4 is 51.3 Å². The zero-order valence-electron chi connectivity index (χ0n) is 16.5. The average molecular weight is 419 g/mol. The molecule has 8 heteroatoms. The van der Waals surface area contributed by atoms with Gasteiger partial charge in [-0.2, -0.15) is 4.98 Å². The Morgan fingerprint density at radius 1 is 1.23 bits per heavy atom. The number of allylic oxidation sites excluding steroid dienone is 1. The number of thioether (sulfide) groups is 1. The number of rotatable bonds is 4. The molecule has 3 aromatic rings. The lowest BCUT2D eigenvalue weighted by atomic mass is 10.0. The molecule has 7 nitrogen and oxygen atoms in total. The zero-order valence-corrected chi connectivity index (χ0v) is 17.3. The summed E-state index contributed by atoms with van der Waals surface area (Å²) in [5, 5.41) is 1.86. The van der Waals surface area contributed by atoms with E-state index < -0.39 is 11.1 Å². The summed E-state index contributed by atoms with van der Waals surface area (Å²) in [5.41, 5.74) is 3.24. The van der Waals surface area contributed by atoms with Gasteiger partial charge >= 0.3 is 6.01 Å². The molecule has 1 aromatic heterocycles. The summed E-state index contributed by atoms with van der Waals surface area (Å²) in [6.07, 6.45) is 0. The molecular formula is C22H17N3O4S. The van der Waals surface area contributed by atoms with Gasteiger partial charge in [0.05, 0.1) is 23.3 Å². The summed E-state index contributed by atoms with van der Waals surface area (Å²) >= 11 is 0.842. The number of carbonyl (C=O) groups is 2. The molecule has 0 bridgehead atoms. The Balaban J connectivity index is 1.83. The van der Waals surface area contributed by atoms with Crippen LogP contribution >= 0.6 is 11.8 Å². The van der Waals surface area contributed by atoms with Crippen LogP contribution in [-0.2, 0) is 4.79 Å². The summed E-state index contributed by atoms with van der Waals surface area (Å²) in [7, 11) is 3.38. The molecule has 1 N–H and O–H groups in total. The molecular weight excluding hydrogens is 402 g/mol. The number of oxazole rings is 1. The second-order valence-electron chi connectivity index (χ2n) is 6.33. The van der Waals surface area contributed by atoms with Crippen molar-refractivity contribution in [3.63, 3.8) is 0 Å². The van der Waals surface area contributed by atoms with Crippen LogP contribution in [0, 0.1) is 11.8 Å². The lowest BCUT2D eigenvalue weighted by Gasteiger charge is -2.19. The predicted octanol–water partition coefficient (Wildman–Crippen LogP) is 4.32. The van der Waals surface area contributed by atoms with Crippen LogP contribution in [0.1, 0.15) is 12.5 Å². The van der Waals surface area contributed by atoms with Crippen molar-refractivity contribution < 1.29 is 18.7 Å². The number of methoxy groups -OCH3 is 1. The maximum Gasteiger partial charge on any atom is 0.302 e. The van der Waals surface area contributed by atoms with E-state index in [-0.39, 0.29) is 4.91 Å². The molecule has 2 aromatic carbocycles. The van der Waals surface area contributed by atoms with Gasteiger partial charge in [-0.25, -0.2) is 0 Å². The normalized spacial score (nSPS) is 14.9. The number of aromatic nitrogens is 1. The van der Waals surface area contributed by atoms with Crippen LogP contribution in [0.25, 0.3) is 16.7 Å². The molecule has 0 spiro atoms. The van der Waals surface area contributed by atoms with Gasteiger partial charge in [0.25, 0.3) is 11.1 Å². The molecule has 2 amide bonds. The van der Waals surface area contributed by atoms with Gasteiger partial charge in [0, 0.05) is 7.05 Å². The third-order valence-corrected chi connectivity index (χ3v) is 5.37. The van der Waals surface area contributed by atoms with Crippen molar-refractivity contribution in [2.45, 2.75) is 6.92 Å². The SMILES string of the molecule is CC#CC(=C1SC(=O)NC1=O)c1ccc(OC)c(N(C)c2nc3ccccc3o2)c1. The first-order valence-electron chi connectivity index (χ1n) is 8.99. The number of nitrogens with one attached hydrogen (secondary N) is 1. The standard InChI is InChI=1S/C22H17N3O4S/c1-4-7-14(19-20(26)24-22(27)30-19)13-10-11-18(28-3)16(12-13)25(2)21-23-15-8-5-6-9-17(15)29-21/h5-6,8-12H,1-3H3,(H,24,26,27). The van der Waals surface area contributed by atoms with Crippen LogP contribution in [0.15, 0.2) is 51.8 Å². The molecule has 150 valence electrons. The average Bonchev–Trinajstić information content (AvgIpc) is 3.33. The van der Waals surface area contributed by atoms with Gasteiger partial charge in [-0.15, -0.1) is 5.92 Å². The van der Waals surface area contributed by atoms with Gasteiger partial charge < -0.3 is 9.15 Å². The fourth-order valence-electron chi connectivity index (χ4n) is 3.08. The van der Waals surface area contributed by atoms with Crippen LogP contribution in [0.2, 0.25) is 0 Å². The minimum atomic E-state index is -0.451. The van der Waals surface area contributed by atoms with Gasteiger partial charge in [0.2, 0.25) is 0 Å². The Kier molecular flexibility index (Phi) is 5.21. The van der Waals surface area contributed by atoms with E-state index >= 15 is 0 Å². The van der Waals surface area contributed by atoms with Crippen molar-refractivity contribution in [3.05, 3.63) is 52.9 Å². The first-order chi connectivity index (χ1) is 14.5. The van der Waals surface area contributed by atoms with Crippen LogP contribution < -0.4 is 15.0 Å². The topological polar surface area (TPSA) is 84.7 Å². The van der Waals surface area contributed by atoms with E-state index in [1.54, 1.807) is 31.1 Å². The van der Waals surface area contributed by atoms with Crippen LogP contribution in [-0.4, -0.2) is 30.3 Å². The molecule has 0 unspecified atom stereocenters. The Bertz CT molecular complexity index is 1230. The molecule has 0 aliphatic carbocycles. The molecule has 2 heterocycles. The molecule has 1 fully saturated rings. The highest BCUT2D eigenvalue weighted by atomic mass is 32.2. The van der Waals surface area contributed by atoms with Crippen molar-refractivity contribution in [1.29, 1.82) is 0 Å². The molecule has 0 radical (unpaired) electrons. The van der Waals surface area contributed by atoms with Crippen molar-refractivity contribution in [3.8, 4) is 17.6 Å². The number of ether oxygens (including phenoxy) is 1. The van der Waals surface area contributed by atoms with Gasteiger partial charge in [-0.05, 0) is 54.6 Å². The number of hydrogen-bond acceptors (Lipinski definition) is 7. The highest BCUT2D eigenvalue weighted by Crippen LogP contribution is 2.38. The third kappa shape index (κ3) is 3.51. The number of nitrogens with zero attached hydrogens (tertiary/aromatic N) is 2. The lowest BCUT2D eigenvalue weighted by molar-refractivity contribution is -0.115. The highest BCUT2D eigenvalue weighted by molar-refractivity contribution is 8.18. The Morgan fingerprint density at radius 2 is 2.03 bits per heavy atom. The summed E-state index contributed by atoms with van der Waals surface area (Å²) in [4.78, 5) is 30.4. The fraction of sp³-hybridized carbons (Fsp3) is 0.136. The highest BCUT2D eigenvalue weighted by Gasteiger charge is 2.29. The van der Waals surface area contributed by atoms with E-state index in [9.17, 15) is 9.59 Å². The predicted molar refractivity (Wildman–Crippen MR) is 117 cm³/mol. The number of fused-ring (bicyclic) bond motifs is 1. The molecule has 1 saturated heterocycles. The second kappa shape index (κ2) is 7.97. The Morgan fingerprint density at radius 3 is 2.70 bits per heavy atom. The van der Waals surface area contributed by atoms with Crippen LogP contribution in [0.4, 0.5) is 16.5 Å². The van der Waals surface area contributed by atoms with Gasteiger partial charge in [-0.1, -0.05) is 18.1 Å². The van der Waals surface area contributed by atoms with Crippen molar-refractivity contribution in [1.82, 2.24) is 10.3 Å². The smallest absolute Gasteiger partial charge is 0.302 e. The first kappa shape index (κ1) is 19.6. The summed E-state index contributed by atoms with van der Waals surface area (Å²) in [6.45, 7) is 1.68. The minimum Gasteiger partial charge on any atom is -0.495 e. The maximum absolute atomic E-state index is 12.2. The number of para-hydroxylation sites is 2. The fourth-order valence-corrected chi connectivity index (χ4v) is 3.82. The molecule has 1 aliphatic heterocycles. The van der Waals surface area contributed by atoms with E-state index in [1.807, 2.05) is 37.4 Å². The first-order valence-corrected chi connectivity index (χ1v) is 9.81. The molecule has 1 aliphatic rings. The third-order valence-electron chi connectivity index (χ3n) is 4.49. The molecule has 0 saturated carbocycles. The summed E-state index contributed by atoms with van der Waals surface area (Å²) in [5.74, 6) is 5.91. The number of carbonyl (C=O) groups excluding carboxylic acids is 2. The molecule has 30 heavy (non-hydrogen) atoms. The number of hydrogen-bond donors (Lipinski definition) is 1. The number of imide groups is 1. The Labute approximate surface area is 177 Å². The van der Waals surface area contributed by atoms with Crippen LogP contribution in [0.5, 0.6) is 5.75 Å². The van der Waals surface area contributed by atoms with E-state index in [1.165, 1.54) is 0 Å². The lowest BCUT2D eigenvalue weighted by Crippen LogP contribution is -2.18. The second-order valence-corrected chi connectivity index (χ2v) is 7.32. The van der Waals surface area contributed by atoms with Gasteiger partial charge in [0.1, 0.15) is 11.3 Å². The van der Waals surface area contributed by atoms with Gasteiger partial charge in [-0.3, -0.25) is 19.8 Å². The van der Waals surface area contributed by atoms with E-state index in [0.717, 1.165) is 17.3 Å². The number of anilines is 2. The monoisotopic (exact) mass is 419 g/mol. The van der Waals surface area contributed by atoms with E-state index in [2.05, 4.69) is 22.1 Å². The van der Waals surface area contributed by atoms with E-state index in [0.29, 0.717) is 34.2 Å². The maximum atomic E-state index is 12.2. The van der Waals surface area contributed by atoms with Crippen molar-refractivity contribution in [2.24, 2.45) is 0 Å². The molecule has 4 rings (SSSR count). The van der Waals surface area contributed by atoms with Gasteiger partial charge in [0.15, 0.2) is 5.58 Å². The largest absolute Gasteiger partial charge is 0.495 e. The molecule has 0 atom stereocenters. The quantitative estimate of drug-likeness (QED) is 0.498. The zero-order chi connectivity index (χ0) is 21.3. The minimum absolute atomic E-state index is 0.273. The van der Waals surface area contributed by atoms with E-state index in [4.69, 9.17) is 9.15 Å². The van der Waals surface area contributed by atoms with Crippen LogP contribution in [0.3, 0.4) is 0 Å². The number of amides is 2. The summed E-state index contributed by atoms with van der Waals surface area (Å²) < 4.78 is 11.4.